The first kappa shape index (κ1) is 12.7. The highest BCUT2D eigenvalue weighted by molar-refractivity contribution is 7.92. The summed E-state index contributed by atoms with van der Waals surface area (Å²) in [7, 11) is -5.05. The minimum atomic E-state index is -5.05. The quantitative estimate of drug-likeness (QED) is 0.682. The van der Waals surface area contributed by atoms with Crippen LogP contribution in [-0.2, 0) is 9.84 Å². The molecule has 0 saturated carbocycles. The summed E-state index contributed by atoms with van der Waals surface area (Å²) in [5.74, 6) is -5.48. The summed E-state index contributed by atoms with van der Waals surface area (Å²) in [5.41, 5.74) is 0. The van der Waals surface area contributed by atoms with Gasteiger partial charge in [0.05, 0.1) is 5.75 Å². The Labute approximate surface area is 73.9 Å². The van der Waals surface area contributed by atoms with Crippen LogP contribution < -0.4 is 0 Å². The lowest BCUT2D eigenvalue weighted by Gasteiger charge is -2.22. The van der Waals surface area contributed by atoms with E-state index in [9.17, 15) is 26.0 Å². The van der Waals surface area contributed by atoms with Gasteiger partial charge < -0.3 is 0 Å². The zero-order chi connectivity index (χ0) is 10.9. The van der Waals surface area contributed by atoms with Crippen LogP contribution in [0.1, 0.15) is 20.3 Å². The summed E-state index contributed by atoms with van der Waals surface area (Å²) in [6, 6.07) is 0. The van der Waals surface area contributed by atoms with Gasteiger partial charge >= 0.3 is 11.2 Å². The second-order valence-electron chi connectivity index (χ2n) is 2.72. The van der Waals surface area contributed by atoms with Crippen LogP contribution in [0, 0.1) is 0 Å². The monoisotopic (exact) mass is 222 g/mol. The zero-order valence-electron chi connectivity index (χ0n) is 7.15. The number of alkyl halides is 4. The van der Waals surface area contributed by atoms with Gasteiger partial charge in [0.2, 0.25) is 9.84 Å². The van der Waals surface area contributed by atoms with E-state index in [0.29, 0.717) is 0 Å². The van der Waals surface area contributed by atoms with E-state index in [4.69, 9.17) is 0 Å². The van der Waals surface area contributed by atoms with E-state index in [-0.39, 0.29) is 13.3 Å². The number of rotatable bonds is 4. The van der Waals surface area contributed by atoms with Gasteiger partial charge in [-0.25, -0.2) is 8.42 Å². The second kappa shape index (κ2) is 3.43. The van der Waals surface area contributed by atoms with Crippen LogP contribution in [0.2, 0.25) is 0 Å². The molecule has 0 spiro atoms. The summed E-state index contributed by atoms with van der Waals surface area (Å²) in [5, 5.41) is -4.98. The molecule has 0 atom stereocenters. The first-order valence-corrected chi connectivity index (χ1v) is 5.19. The minimum Gasteiger partial charge on any atom is -0.222 e. The van der Waals surface area contributed by atoms with Crippen LogP contribution >= 0.6 is 0 Å². The Kier molecular flexibility index (Phi) is 3.35. The van der Waals surface area contributed by atoms with E-state index >= 15 is 0 Å². The molecule has 80 valence electrons. The first-order chi connectivity index (χ1) is 5.56. The van der Waals surface area contributed by atoms with Gasteiger partial charge in [-0.2, -0.15) is 17.6 Å². The van der Waals surface area contributed by atoms with Gasteiger partial charge in [0.25, 0.3) is 0 Å². The lowest BCUT2D eigenvalue weighted by molar-refractivity contribution is -0.143. The fourth-order valence-electron chi connectivity index (χ4n) is 0.670. The number of hydrogen-bond acceptors (Lipinski definition) is 2. The maximum atomic E-state index is 12.6. The molecule has 0 bridgehead atoms. The fourth-order valence-corrected chi connectivity index (χ4v) is 2.01. The van der Waals surface area contributed by atoms with Gasteiger partial charge in [0, 0.05) is 6.92 Å². The molecule has 0 aliphatic rings. The number of sulfone groups is 1. The van der Waals surface area contributed by atoms with Crippen molar-refractivity contribution < 1.29 is 26.0 Å². The Morgan fingerprint density at radius 1 is 1.15 bits per heavy atom. The van der Waals surface area contributed by atoms with E-state index in [1.54, 1.807) is 0 Å². The maximum Gasteiger partial charge on any atom is 0.406 e. The summed E-state index contributed by atoms with van der Waals surface area (Å²) in [6.45, 7) is 1.21. The van der Waals surface area contributed by atoms with Gasteiger partial charge in [0.1, 0.15) is 0 Å². The van der Waals surface area contributed by atoms with Crippen molar-refractivity contribution in [2.45, 2.75) is 31.4 Å². The van der Waals surface area contributed by atoms with Crippen LogP contribution in [0.25, 0.3) is 0 Å². The van der Waals surface area contributed by atoms with E-state index in [1.807, 2.05) is 0 Å². The molecule has 0 rings (SSSR count). The highest BCUT2D eigenvalue weighted by Crippen LogP contribution is 2.38. The van der Waals surface area contributed by atoms with Crippen LogP contribution in [0.4, 0.5) is 17.6 Å². The van der Waals surface area contributed by atoms with Gasteiger partial charge in [-0.3, -0.25) is 0 Å². The van der Waals surface area contributed by atoms with Crippen molar-refractivity contribution in [1.29, 1.82) is 0 Å². The SMILES string of the molecule is CCCS(=O)(=O)C(F)(F)C(C)(F)F. The smallest absolute Gasteiger partial charge is 0.222 e. The predicted molar refractivity (Wildman–Crippen MR) is 39.6 cm³/mol. The second-order valence-corrected chi connectivity index (χ2v) is 4.87. The van der Waals surface area contributed by atoms with Crippen molar-refractivity contribution >= 4 is 9.84 Å². The summed E-state index contributed by atoms with van der Waals surface area (Å²) < 4.78 is 70.8. The van der Waals surface area contributed by atoms with Crippen LogP contribution in [0.3, 0.4) is 0 Å². The van der Waals surface area contributed by atoms with Gasteiger partial charge in [-0.1, -0.05) is 6.92 Å². The van der Waals surface area contributed by atoms with Crippen LogP contribution in [-0.4, -0.2) is 25.3 Å². The molecule has 13 heavy (non-hydrogen) atoms. The molecule has 0 aliphatic carbocycles. The molecule has 7 heteroatoms. The standard InChI is InChI=1S/C6H10F4O2S/c1-3-4-13(11,12)6(9,10)5(2,7)8/h3-4H2,1-2H3. The van der Waals surface area contributed by atoms with Crippen molar-refractivity contribution in [3.05, 3.63) is 0 Å². The molecule has 0 aliphatic heterocycles. The molecule has 0 heterocycles. The van der Waals surface area contributed by atoms with E-state index < -0.39 is 26.8 Å². The first-order valence-electron chi connectivity index (χ1n) is 3.54. The summed E-state index contributed by atoms with van der Waals surface area (Å²) in [6.07, 6.45) is -0.117. The minimum absolute atomic E-state index is 0.111. The normalized spacial score (nSPS) is 14.6. The molecule has 0 radical (unpaired) electrons. The molecule has 0 aromatic rings. The third-order valence-electron chi connectivity index (χ3n) is 1.37. The average molecular weight is 222 g/mol. The molecule has 0 amide bonds. The number of halogens is 4. The van der Waals surface area contributed by atoms with E-state index in [2.05, 4.69) is 0 Å². The Hall–Kier alpha value is -0.330. The summed E-state index contributed by atoms with van der Waals surface area (Å²) >= 11 is 0. The van der Waals surface area contributed by atoms with Crippen molar-refractivity contribution in [2.24, 2.45) is 0 Å². The molecule has 0 aromatic heterocycles. The van der Waals surface area contributed by atoms with E-state index in [0.717, 1.165) is 0 Å². The highest BCUT2D eigenvalue weighted by Gasteiger charge is 2.61. The Bertz CT molecular complexity index is 265. The van der Waals surface area contributed by atoms with E-state index in [1.165, 1.54) is 6.92 Å². The molecule has 2 nitrogen and oxygen atoms in total. The Morgan fingerprint density at radius 3 is 1.77 bits per heavy atom. The fraction of sp³-hybridized carbons (Fsp3) is 1.00. The highest BCUT2D eigenvalue weighted by atomic mass is 32.2. The molecular weight excluding hydrogens is 212 g/mol. The molecule has 0 fully saturated rings. The third-order valence-corrected chi connectivity index (χ3v) is 3.46. The maximum absolute atomic E-state index is 12.6. The topological polar surface area (TPSA) is 34.1 Å². The lowest BCUT2D eigenvalue weighted by Crippen LogP contribution is -2.45. The summed E-state index contributed by atoms with van der Waals surface area (Å²) in [4.78, 5) is 0. The van der Waals surface area contributed by atoms with Crippen molar-refractivity contribution in [1.82, 2.24) is 0 Å². The van der Waals surface area contributed by atoms with Crippen molar-refractivity contribution in [3.8, 4) is 0 Å². The molecular formula is C6H10F4O2S. The third kappa shape index (κ3) is 2.32. The largest absolute Gasteiger partial charge is 0.406 e. The van der Waals surface area contributed by atoms with Gasteiger partial charge in [0.15, 0.2) is 0 Å². The van der Waals surface area contributed by atoms with Gasteiger partial charge in [-0.05, 0) is 6.42 Å². The average Bonchev–Trinajstić information content (AvgIpc) is 1.84. The van der Waals surface area contributed by atoms with Gasteiger partial charge in [-0.15, -0.1) is 0 Å². The van der Waals surface area contributed by atoms with Crippen molar-refractivity contribution in [2.75, 3.05) is 5.75 Å². The van der Waals surface area contributed by atoms with Crippen LogP contribution in [0.15, 0.2) is 0 Å². The Balaban J connectivity index is 5.06. The lowest BCUT2D eigenvalue weighted by atomic mass is 10.4. The molecule has 0 saturated heterocycles. The molecule has 0 unspecified atom stereocenters. The van der Waals surface area contributed by atoms with Crippen LogP contribution in [0.5, 0.6) is 0 Å². The Morgan fingerprint density at radius 2 is 1.54 bits per heavy atom. The predicted octanol–water partition coefficient (Wildman–Crippen LogP) is 2.06. The molecule has 0 aromatic carbocycles. The molecule has 0 N–H and O–H groups in total. The zero-order valence-corrected chi connectivity index (χ0v) is 7.97. The van der Waals surface area contributed by atoms with Crippen molar-refractivity contribution in [3.63, 3.8) is 0 Å². The number of hydrogen-bond donors (Lipinski definition) is 0.